The molecule has 1 aromatic rings. The van der Waals surface area contributed by atoms with Gasteiger partial charge in [-0.05, 0) is 17.5 Å². The molecule has 0 radical (unpaired) electrons. The van der Waals surface area contributed by atoms with E-state index >= 15 is 0 Å². The molecule has 4 nitrogen and oxygen atoms in total. The Kier molecular flexibility index (Phi) is 2.01. The second-order valence-electron chi connectivity index (χ2n) is 3.81. The van der Waals surface area contributed by atoms with E-state index in [1.807, 2.05) is 24.3 Å². The first-order chi connectivity index (χ1) is 8.27. The highest BCUT2D eigenvalue weighted by Gasteiger charge is 2.12. The Bertz CT molecular complexity index is 740. The predicted molar refractivity (Wildman–Crippen MR) is 66.8 cm³/mol. The number of hydrogen-bond donors (Lipinski definition) is 1. The van der Waals surface area contributed by atoms with Crippen LogP contribution in [-0.2, 0) is 0 Å². The van der Waals surface area contributed by atoms with Gasteiger partial charge in [-0.1, -0.05) is 24.3 Å². The van der Waals surface area contributed by atoms with Gasteiger partial charge >= 0.3 is 0 Å². The lowest BCUT2D eigenvalue weighted by Crippen LogP contribution is -2.11. The van der Waals surface area contributed by atoms with Crippen molar-refractivity contribution in [2.45, 2.75) is 0 Å². The summed E-state index contributed by atoms with van der Waals surface area (Å²) >= 11 is 0. The van der Waals surface area contributed by atoms with Gasteiger partial charge in [0.25, 0.3) is 0 Å². The molecule has 3 rings (SSSR count). The minimum absolute atomic E-state index is 0.191. The topological polar surface area (TPSA) is 68.9 Å². The number of hydrogen-bond acceptors (Lipinski definition) is 4. The van der Waals surface area contributed by atoms with Crippen LogP contribution in [0.1, 0.15) is 0 Å². The smallest absolute Gasteiger partial charge is 0.211 e. The highest BCUT2D eigenvalue weighted by molar-refractivity contribution is 5.95. The van der Waals surface area contributed by atoms with E-state index in [9.17, 15) is 4.79 Å². The number of rotatable bonds is 0. The van der Waals surface area contributed by atoms with Crippen LogP contribution in [0, 0.1) is 0 Å². The molecule has 0 spiro atoms. The molecule has 0 aromatic heterocycles. The second kappa shape index (κ2) is 3.52. The summed E-state index contributed by atoms with van der Waals surface area (Å²) in [5.74, 6) is 0. The third kappa shape index (κ3) is 1.42. The lowest BCUT2D eigenvalue weighted by Gasteiger charge is -2.02. The molecule has 82 valence electrons. The van der Waals surface area contributed by atoms with E-state index in [2.05, 4.69) is 10.2 Å². The van der Waals surface area contributed by atoms with Crippen LogP contribution in [0.5, 0.6) is 0 Å². The van der Waals surface area contributed by atoms with E-state index in [4.69, 9.17) is 5.73 Å². The van der Waals surface area contributed by atoms with Gasteiger partial charge in [-0.3, -0.25) is 4.79 Å². The molecule has 4 heteroatoms. The van der Waals surface area contributed by atoms with Crippen LogP contribution in [0.3, 0.4) is 0 Å². The van der Waals surface area contributed by atoms with Gasteiger partial charge < -0.3 is 5.73 Å². The molecular formula is C13H9N3O. The molecule has 1 heterocycles. The van der Waals surface area contributed by atoms with E-state index in [-0.39, 0.29) is 11.1 Å². The zero-order valence-corrected chi connectivity index (χ0v) is 8.92. The van der Waals surface area contributed by atoms with Crippen molar-refractivity contribution >= 4 is 16.5 Å². The molecule has 0 unspecified atom stereocenters. The third-order valence-corrected chi connectivity index (χ3v) is 2.76. The molecule has 1 aliphatic carbocycles. The standard InChI is InChI=1S/C13H9N3O/c14-10-5-6-11-12(13(10)17)9-4-2-1-3-8(9)7-15-16-11/h1-7H,14H2. The Balaban J connectivity index is 2.64. The fourth-order valence-corrected chi connectivity index (χ4v) is 1.92. The fraction of sp³-hybridized carbons (Fsp3) is 0. The summed E-state index contributed by atoms with van der Waals surface area (Å²) in [6, 6.07) is 10.8. The van der Waals surface area contributed by atoms with Crippen molar-refractivity contribution in [3.05, 3.63) is 52.8 Å². The minimum Gasteiger partial charge on any atom is -0.396 e. The first-order valence-corrected chi connectivity index (χ1v) is 5.20. The zero-order chi connectivity index (χ0) is 11.8. The first-order valence-electron chi connectivity index (χ1n) is 5.20. The van der Waals surface area contributed by atoms with Gasteiger partial charge in [0.1, 0.15) is 0 Å². The average Bonchev–Trinajstić information content (AvgIpc) is 2.53. The lowest BCUT2D eigenvalue weighted by atomic mass is 10.0. The van der Waals surface area contributed by atoms with Gasteiger partial charge in [0.2, 0.25) is 5.43 Å². The van der Waals surface area contributed by atoms with Crippen molar-refractivity contribution in [1.82, 2.24) is 10.2 Å². The van der Waals surface area contributed by atoms with Crippen molar-refractivity contribution in [2.75, 3.05) is 5.73 Å². The van der Waals surface area contributed by atoms with Crippen LogP contribution in [0.2, 0.25) is 0 Å². The maximum Gasteiger partial charge on any atom is 0.211 e. The number of anilines is 1. The number of benzene rings is 2. The number of fused-ring (bicyclic) bond motifs is 3. The quantitative estimate of drug-likeness (QED) is 0.589. The van der Waals surface area contributed by atoms with Crippen LogP contribution in [-0.4, -0.2) is 10.2 Å². The molecule has 0 saturated heterocycles. The van der Waals surface area contributed by atoms with Crippen LogP contribution < -0.4 is 11.2 Å². The second-order valence-corrected chi connectivity index (χ2v) is 3.81. The largest absolute Gasteiger partial charge is 0.396 e. The number of aromatic nitrogens is 2. The Morgan fingerprint density at radius 2 is 1.88 bits per heavy atom. The summed E-state index contributed by atoms with van der Waals surface area (Å²) in [6.07, 6.45) is 1.64. The molecule has 0 saturated carbocycles. The van der Waals surface area contributed by atoms with Gasteiger partial charge in [-0.15, -0.1) is 0 Å². The maximum absolute atomic E-state index is 12.1. The molecule has 17 heavy (non-hydrogen) atoms. The zero-order valence-electron chi connectivity index (χ0n) is 8.92. The van der Waals surface area contributed by atoms with E-state index in [1.54, 1.807) is 18.3 Å². The van der Waals surface area contributed by atoms with Gasteiger partial charge in [0.15, 0.2) is 0 Å². The molecule has 2 aliphatic rings. The molecule has 0 atom stereocenters. The van der Waals surface area contributed by atoms with Crippen molar-refractivity contribution in [3.63, 3.8) is 0 Å². The highest BCUT2D eigenvalue weighted by atomic mass is 16.1. The summed E-state index contributed by atoms with van der Waals surface area (Å²) in [6.45, 7) is 0. The van der Waals surface area contributed by atoms with Crippen LogP contribution in [0.15, 0.2) is 47.4 Å². The molecule has 2 N–H and O–H groups in total. The third-order valence-electron chi connectivity index (χ3n) is 2.76. The van der Waals surface area contributed by atoms with Crippen molar-refractivity contribution < 1.29 is 0 Å². The normalized spacial score (nSPS) is 10.8. The molecule has 0 amide bonds. The number of nitrogens with two attached hydrogens (primary N) is 1. The van der Waals surface area contributed by atoms with Gasteiger partial charge in [0.05, 0.1) is 23.1 Å². The van der Waals surface area contributed by atoms with E-state index < -0.39 is 0 Å². The van der Waals surface area contributed by atoms with E-state index in [0.717, 1.165) is 10.8 Å². The number of nitrogens with zero attached hydrogens (tertiary/aromatic N) is 2. The van der Waals surface area contributed by atoms with E-state index in [1.165, 1.54) is 0 Å². The number of nitrogen functional groups attached to an aromatic ring is 1. The average molecular weight is 223 g/mol. The summed E-state index contributed by atoms with van der Waals surface area (Å²) < 4.78 is 0. The Morgan fingerprint density at radius 1 is 1.06 bits per heavy atom. The van der Waals surface area contributed by atoms with Crippen molar-refractivity contribution in [3.8, 4) is 11.3 Å². The van der Waals surface area contributed by atoms with Gasteiger partial charge in [0, 0.05) is 5.39 Å². The monoisotopic (exact) mass is 223 g/mol. The molecule has 1 aliphatic heterocycles. The molecule has 0 fully saturated rings. The Labute approximate surface area is 97.1 Å². The van der Waals surface area contributed by atoms with E-state index in [0.29, 0.717) is 11.3 Å². The molecule has 0 bridgehead atoms. The summed E-state index contributed by atoms with van der Waals surface area (Å²) in [5, 5.41) is 9.66. The first kappa shape index (κ1) is 9.72. The molecule has 1 aromatic carbocycles. The fourth-order valence-electron chi connectivity index (χ4n) is 1.92. The van der Waals surface area contributed by atoms with Crippen molar-refractivity contribution in [2.24, 2.45) is 0 Å². The van der Waals surface area contributed by atoms with Crippen molar-refractivity contribution in [1.29, 1.82) is 0 Å². The molecular weight excluding hydrogens is 214 g/mol. The Morgan fingerprint density at radius 3 is 2.76 bits per heavy atom. The van der Waals surface area contributed by atoms with Crippen LogP contribution >= 0.6 is 0 Å². The van der Waals surface area contributed by atoms with Crippen LogP contribution in [0.4, 0.5) is 5.69 Å². The summed E-state index contributed by atoms with van der Waals surface area (Å²) in [4.78, 5) is 12.1. The highest BCUT2D eigenvalue weighted by Crippen LogP contribution is 2.24. The predicted octanol–water partition coefficient (Wildman–Crippen LogP) is 1.68. The summed E-state index contributed by atoms with van der Waals surface area (Å²) in [7, 11) is 0. The van der Waals surface area contributed by atoms with Crippen LogP contribution in [0.25, 0.3) is 22.0 Å². The maximum atomic E-state index is 12.1. The van der Waals surface area contributed by atoms with Gasteiger partial charge in [-0.25, -0.2) is 0 Å². The SMILES string of the molecule is Nc1ccc2nncc3ccccc3c-2c1=O. The summed E-state index contributed by atoms with van der Waals surface area (Å²) in [5.41, 5.74) is 6.79. The van der Waals surface area contributed by atoms with Gasteiger partial charge in [-0.2, -0.15) is 10.2 Å². The lowest BCUT2D eigenvalue weighted by molar-refractivity contribution is 1.06. The Hall–Kier alpha value is -2.49. The minimum atomic E-state index is -0.191.